The molecule has 2 atom stereocenters. The maximum Gasteiger partial charge on any atom is 0.405 e. The third-order valence-corrected chi connectivity index (χ3v) is 8.13. The number of nitrogens with one attached hydrogen (secondary N) is 4. The summed E-state index contributed by atoms with van der Waals surface area (Å²) >= 11 is 4.53. The number of aromatic nitrogens is 4. The van der Waals surface area contributed by atoms with Crippen molar-refractivity contribution in [1.82, 2.24) is 29.6 Å². The van der Waals surface area contributed by atoms with Crippen molar-refractivity contribution in [2.75, 3.05) is 18.1 Å². The third kappa shape index (κ3) is 8.01. The molecule has 2 heterocycles. The van der Waals surface area contributed by atoms with E-state index in [-0.39, 0.29) is 51.4 Å². The van der Waals surface area contributed by atoms with Crippen LogP contribution >= 0.6 is 11.6 Å². The number of nitrogens with zero attached hydrogens (tertiary/aromatic N) is 4. The number of halogens is 6. The molecule has 0 aliphatic rings. The summed E-state index contributed by atoms with van der Waals surface area (Å²) in [6.45, 7) is 0.0833. The van der Waals surface area contributed by atoms with Gasteiger partial charge in [-0.3, -0.25) is 29.5 Å². The lowest BCUT2D eigenvalue weighted by molar-refractivity contribution is -0.115. The Morgan fingerprint density at radius 2 is 1.80 bits per heavy atom. The molecule has 0 saturated carbocycles. The number of anilines is 1. The van der Waals surface area contributed by atoms with Gasteiger partial charge in [-0.25, -0.2) is 13.8 Å². The van der Waals surface area contributed by atoms with Crippen LogP contribution in [-0.2, 0) is 22.6 Å². The van der Waals surface area contributed by atoms with Crippen LogP contribution in [0.1, 0.15) is 28.7 Å². The Hall–Kier alpha value is -5.13. The quantitative estimate of drug-likeness (QED) is 0.0468. The highest BCUT2D eigenvalue weighted by Gasteiger charge is 2.31. The second kappa shape index (κ2) is 14.8. The number of hydrogen-bond donors (Lipinski definition) is 4. The molecule has 0 aliphatic heterocycles. The van der Waals surface area contributed by atoms with E-state index in [1.54, 1.807) is 13.0 Å². The number of carbonyl (C=O) groups is 1. The molecule has 0 radical (unpaired) electrons. The van der Waals surface area contributed by atoms with E-state index < -0.39 is 58.8 Å². The number of carbonyl (C=O) groups excluding carboxylic acids is 1. The van der Waals surface area contributed by atoms with Crippen molar-refractivity contribution in [2.24, 2.45) is 0 Å². The molecule has 0 bridgehead atoms. The lowest BCUT2D eigenvalue weighted by Crippen LogP contribution is -2.34. The Morgan fingerprint density at radius 3 is 2.44 bits per heavy atom. The first-order valence-electron chi connectivity index (χ1n) is 14.5. The molecule has 18 heteroatoms. The van der Waals surface area contributed by atoms with Crippen LogP contribution in [0.25, 0.3) is 27.8 Å². The van der Waals surface area contributed by atoms with Crippen LogP contribution in [-0.4, -0.2) is 55.3 Å². The van der Waals surface area contributed by atoms with E-state index >= 15 is 0 Å². The van der Waals surface area contributed by atoms with E-state index in [0.717, 1.165) is 16.7 Å². The van der Waals surface area contributed by atoms with Gasteiger partial charge in [0.15, 0.2) is 5.84 Å². The fourth-order valence-electron chi connectivity index (χ4n) is 5.34. The molecule has 4 N–H and O–H groups in total. The van der Waals surface area contributed by atoms with E-state index in [9.17, 15) is 36.1 Å². The number of aryl methyl sites for hydroxylation is 1. The van der Waals surface area contributed by atoms with Gasteiger partial charge in [0, 0.05) is 30.4 Å². The highest BCUT2D eigenvalue weighted by Crippen LogP contribution is 2.34. The van der Waals surface area contributed by atoms with Crippen LogP contribution < -0.4 is 20.9 Å². The predicted octanol–water partition coefficient (Wildman–Crippen LogP) is 5.30. The number of rotatable bonds is 11. The highest BCUT2D eigenvalue weighted by molar-refractivity contribution is 7.89. The highest BCUT2D eigenvalue weighted by atomic mass is 35.5. The number of benzene rings is 3. The van der Waals surface area contributed by atoms with Crippen LogP contribution in [0.3, 0.4) is 0 Å². The lowest BCUT2D eigenvalue weighted by Gasteiger charge is -2.25. The average molecular weight is 733 g/mol. The second-order valence-electron chi connectivity index (χ2n) is 10.9. The standard InChI is InChI=1S/C32H26ClF5N8O3S/c1-16-27(41-8-7-40-16)18-3-4-21-23(12-18)44-30(24(43-15-47)11-17-9-19(34)13-20(35)10-17)46(31(21)48)25-6-5-22(33)26(29(39)45-50(2)49)28(25)42-14-32(36,37)38/h3-10,12-13,15,24,42H,11,14H2,1-2H3,(H2,39,45)(H,43,47). The number of amidine groups is 1. The van der Waals surface area contributed by atoms with Crippen molar-refractivity contribution in [2.45, 2.75) is 25.6 Å². The van der Waals surface area contributed by atoms with Gasteiger partial charge in [-0.05, 0) is 48.9 Å². The molecule has 5 rings (SSSR count). The minimum absolute atomic E-state index is 0.0122. The van der Waals surface area contributed by atoms with Gasteiger partial charge in [-0.15, -0.1) is 0 Å². The summed E-state index contributed by atoms with van der Waals surface area (Å²) < 4.78 is 84.5. The largest absolute Gasteiger partial charge is 0.593 e. The van der Waals surface area contributed by atoms with Crippen molar-refractivity contribution in [3.05, 3.63) is 111 Å². The zero-order valence-electron chi connectivity index (χ0n) is 26.0. The maximum absolute atomic E-state index is 14.5. The molecule has 0 saturated heterocycles. The number of amides is 1. The first-order chi connectivity index (χ1) is 23.7. The van der Waals surface area contributed by atoms with Crippen LogP contribution in [0.5, 0.6) is 0 Å². The van der Waals surface area contributed by atoms with Gasteiger partial charge in [0.25, 0.3) is 5.56 Å². The number of fused-ring (bicyclic) bond motifs is 1. The molecule has 3 aromatic carbocycles. The van der Waals surface area contributed by atoms with Crippen molar-refractivity contribution in [3.8, 4) is 16.9 Å². The second-order valence-corrected chi connectivity index (χ2v) is 12.4. The van der Waals surface area contributed by atoms with Gasteiger partial charge in [0.05, 0.1) is 61.7 Å². The summed E-state index contributed by atoms with van der Waals surface area (Å²) in [6, 6.07) is 8.32. The van der Waals surface area contributed by atoms with E-state index in [2.05, 4.69) is 30.3 Å². The first kappa shape index (κ1) is 36.2. The summed E-state index contributed by atoms with van der Waals surface area (Å²) in [5.74, 6) is -2.72. The average Bonchev–Trinajstić information content (AvgIpc) is 3.02. The fraction of sp³-hybridized carbons (Fsp3) is 0.188. The van der Waals surface area contributed by atoms with Crippen molar-refractivity contribution >= 4 is 51.8 Å². The molecule has 2 aromatic heterocycles. The Bertz CT molecular complexity index is 2150. The molecule has 260 valence electrons. The monoisotopic (exact) mass is 732 g/mol. The van der Waals surface area contributed by atoms with E-state index in [1.165, 1.54) is 42.9 Å². The third-order valence-electron chi connectivity index (χ3n) is 7.33. The Kier molecular flexibility index (Phi) is 10.7. The molecule has 1 amide bonds. The van der Waals surface area contributed by atoms with Gasteiger partial charge in [-0.1, -0.05) is 17.7 Å². The minimum atomic E-state index is -4.78. The van der Waals surface area contributed by atoms with Crippen LogP contribution in [0.15, 0.2) is 65.7 Å². The molecule has 0 fully saturated rings. The number of alkyl halides is 3. The molecule has 11 nitrogen and oxygen atoms in total. The van der Waals surface area contributed by atoms with Crippen LogP contribution in [0.2, 0.25) is 5.02 Å². The van der Waals surface area contributed by atoms with Gasteiger partial charge in [-0.2, -0.15) is 17.9 Å². The summed E-state index contributed by atoms with van der Waals surface area (Å²) in [5.41, 5.74) is -0.243. The topological polar surface area (TPSA) is 161 Å². The first-order valence-corrected chi connectivity index (χ1v) is 16.4. The van der Waals surface area contributed by atoms with Crippen molar-refractivity contribution in [3.63, 3.8) is 0 Å². The molecule has 0 spiro atoms. The zero-order chi connectivity index (χ0) is 36.3. The molecule has 50 heavy (non-hydrogen) atoms. The lowest BCUT2D eigenvalue weighted by atomic mass is 10.0. The van der Waals surface area contributed by atoms with E-state index in [0.29, 0.717) is 23.0 Å². The summed E-state index contributed by atoms with van der Waals surface area (Å²) in [5, 5.41) is 13.0. The van der Waals surface area contributed by atoms with Gasteiger partial charge in [0.1, 0.15) is 30.3 Å². The summed E-state index contributed by atoms with van der Waals surface area (Å²) in [4.78, 5) is 39.7. The molecule has 5 aromatic rings. The van der Waals surface area contributed by atoms with Crippen molar-refractivity contribution < 1.29 is 31.3 Å². The minimum Gasteiger partial charge on any atom is -0.593 e. The van der Waals surface area contributed by atoms with Gasteiger partial charge in [0.2, 0.25) is 6.41 Å². The molecule has 2 unspecified atom stereocenters. The van der Waals surface area contributed by atoms with Crippen molar-refractivity contribution in [1.29, 1.82) is 5.41 Å². The van der Waals surface area contributed by atoms with E-state index in [1.807, 2.05) is 0 Å². The van der Waals surface area contributed by atoms with Crippen LogP contribution in [0, 0.1) is 24.0 Å². The summed E-state index contributed by atoms with van der Waals surface area (Å²) in [7, 11) is 0. The molecule has 0 aliphatic carbocycles. The predicted molar refractivity (Wildman–Crippen MR) is 179 cm³/mol. The SMILES string of the molecule is Cc1nccnc1-c1ccc2c(=O)n(-c3ccc(Cl)c(C(=N)N[S+](C)[O-])c3NCC(F)(F)F)c(C(Cc3cc(F)cc(F)c3)NC=O)nc2c1. The fourth-order valence-corrected chi connectivity index (χ4v) is 5.98. The Balaban J connectivity index is 1.85. The summed E-state index contributed by atoms with van der Waals surface area (Å²) in [6.07, 6.45) is -0.684. The van der Waals surface area contributed by atoms with Gasteiger partial charge < -0.3 is 15.2 Å². The normalized spacial score (nSPS) is 12.7. The Morgan fingerprint density at radius 1 is 1.10 bits per heavy atom. The smallest absolute Gasteiger partial charge is 0.405 e. The molecular weight excluding hydrogens is 707 g/mol. The maximum atomic E-state index is 14.5. The Labute approximate surface area is 288 Å². The van der Waals surface area contributed by atoms with E-state index in [4.69, 9.17) is 17.0 Å². The zero-order valence-corrected chi connectivity index (χ0v) is 27.6. The molecular formula is C32H26ClF5N8O3S. The van der Waals surface area contributed by atoms with Gasteiger partial charge >= 0.3 is 6.18 Å². The van der Waals surface area contributed by atoms with Crippen LogP contribution in [0.4, 0.5) is 27.6 Å². The number of hydrogen-bond acceptors (Lipinski definition) is 8.